The lowest BCUT2D eigenvalue weighted by Crippen LogP contribution is -2.27. The molecule has 0 aliphatic rings. The maximum Gasteiger partial charge on any atom is 0.238 e. The maximum absolute atomic E-state index is 14.5. The maximum atomic E-state index is 14.5. The number of nitrogens with zero attached hydrogens (tertiary/aromatic N) is 6. The standard InChI is InChI=1S/C27H22FN9O/c1-37(2)14-22(38)31-16-11-15(12-29-13-16)20-7-8-21-24(32-20)25(36-35-21)27-33-23-18(9-10-30-26(23)34-27)17-5-3-4-6-19(17)28/h3-13H,14H2,1-2H3,(H,31,38)(H,35,36)(H,30,33,34). The van der Waals surface area contributed by atoms with Crippen LogP contribution in [0.3, 0.4) is 0 Å². The van der Waals surface area contributed by atoms with Crippen molar-refractivity contribution >= 4 is 33.8 Å². The number of carbonyl (C=O) groups is 1. The Balaban J connectivity index is 1.39. The highest BCUT2D eigenvalue weighted by Crippen LogP contribution is 2.32. The minimum absolute atomic E-state index is 0.136. The molecule has 5 heterocycles. The van der Waals surface area contributed by atoms with Crippen molar-refractivity contribution < 1.29 is 9.18 Å². The molecule has 0 aliphatic carbocycles. The number of aromatic nitrogens is 7. The van der Waals surface area contributed by atoms with E-state index in [1.165, 1.54) is 6.07 Å². The third-order valence-corrected chi connectivity index (χ3v) is 5.96. The second-order valence-electron chi connectivity index (χ2n) is 9.03. The Kier molecular flexibility index (Phi) is 5.81. The first kappa shape index (κ1) is 23.4. The highest BCUT2D eigenvalue weighted by atomic mass is 19.1. The Bertz CT molecular complexity index is 1810. The van der Waals surface area contributed by atoms with E-state index in [-0.39, 0.29) is 18.3 Å². The van der Waals surface area contributed by atoms with Crippen LogP contribution >= 0.6 is 0 Å². The Morgan fingerprint density at radius 2 is 1.89 bits per heavy atom. The number of H-pyrrole nitrogens is 2. The van der Waals surface area contributed by atoms with Crippen molar-refractivity contribution in [1.29, 1.82) is 0 Å². The number of pyridine rings is 3. The molecule has 0 saturated carbocycles. The zero-order valence-corrected chi connectivity index (χ0v) is 20.5. The highest BCUT2D eigenvalue weighted by molar-refractivity contribution is 5.95. The number of rotatable bonds is 6. The molecule has 10 nitrogen and oxygen atoms in total. The third kappa shape index (κ3) is 4.35. The smallest absolute Gasteiger partial charge is 0.238 e. The molecule has 0 radical (unpaired) electrons. The van der Waals surface area contributed by atoms with E-state index in [1.54, 1.807) is 47.8 Å². The second-order valence-corrected chi connectivity index (χ2v) is 9.03. The lowest BCUT2D eigenvalue weighted by molar-refractivity contribution is -0.116. The lowest BCUT2D eigenvalue weighted by atomic mass is 10.1. The number of benzene rings is 1. The van der Waals surface area contributed by atoms with Crippen molar-refractivity contribution in [1.82, 2.24) is 40.0 Å². The van der Waals surface area contributed by atoms with Gasteiger partial charge in [0, 0.05) is 29.1 Å². The first-order chi connectivity index (χ1) is 18.5. The number of aromatic amines is 2. The summed E-state index contributed by atoms with van der Waals surface area (Å²) in [6.07, 6.45) is 4.89. The number of hydrogen-bond acceptors (Lipinski definition) is 7. The molecule has 1 amide bonds. The number of carbonyl (C=O) groups excluding carboxylic acids is 1. The zero-order chi connectivity index (χ0) is 26.2. The summed E-state index contributed by atoms with van der Waals surface area (Å²) in [5, 5.41) is 10.3. The van der Waals surface area contributed by atoms with Crippen LogP contribution in [-0.4, -0.2) is 66.6 Å². The van der Waals surface area contributed by atoms with Crippen LogP contribution in [0.1, 0.15) is 0 Å². The Labute approximate surface area is 216 Å². The van der Waals surface area contributed by atoms with Gasteiger partial charge in [-0.15, -0.1) is 0 Å². The summed E-state index contributed by atoms with van der Waals surface area (Å²) in [6, 6.07) is 13.8. The predicted molar refractivity (Wildman–Crippen MR) is 143 cm³/mol. The fourth-order valence-electron chi connectivity index (χ4n) is 4.28. The topological polar surface area (TPSA) is 128 Å². The first-order valence-corrected chi connectivity index (χ1v) is 11.8. The number of anilines is 1. The molecule has 38 heavy (non-hydrogen) atoms. The summed E-state index contributed by atoms with van der Waals surface area (Å²) in [5.74, 6) is -0.0208. The predicted octanol–water partition coefficient (Wildman–Crippen LogP) is 4.26. The van der Waals surface area contributed by atoms with Gasteiger partial charge in [0.25, 0.3) is 0 Å². The van der Waals surface area contributed by atoms with Gasteiger partial charge in [0.1, 0.15) is 16.9 Å². The molecule has 0 saturated heterocycles. The van der Waals surface area contributed by atoms with Gasteiger partial charge in [-0.05, 0) is 44.4 Å². The monoisotopic (exact) mass is 507 g/mol. The molecule has 0 fully saturated rings. The molecular formula is C27H22FN9O. The fraction of sp³-hybridized carbons (Fsp3) is 0.111. The van der Waals surface area contributed by atoms with E-state index in [4.69, 9.17) is 9.97 Å². The van der Waals surface area contributed by atoms with Crippen LogP contribution in [0, 0.1) is 5.82 Å². The Hall–Kier alpha value is -5.03. The molecule has 0 bridgehead atoms. The summed E-state index contributed by atoms with van der Waals surface area (Å²) < 4.78 is 14.5. The van der Waals surface area contributed by atoms with E-state index in [9.17, 15) is 9.18 Å². The van der Waals surface area contributed by atoms with Gasteiger partial charge in [-0.1, -0.05) is 18.2 Å². The van der Waals surface area contributed by atoms with Gasteiger partial charge in [-0.25, -0.2) is 19.3 Å². The number of fused-ring (bicyclic) bond motifs is 2. The van der Waals surface area contributed by atoms with E-state index >= 15 is 0 Å². The average Bonchev–Trinajstić information content (AvgIpc) is 3.52. The van der Waals surface area contributed by atoms with Crippen molar-refractivity contribution in [2.45, 2.75) is 0 Å². The van der Waals surface area contributed by atoms with Crippen LogP contribution in [-0.2, 0) is 4.79 Å². The minimum atomic E-state index is -0.338. The van der Waals surface area contributed by atoms with Gasteiger partial charge in [-0.3, -0.25) is 14.9 Å². The molecule has 6 rings (SSSR count). The van der Waals surface area contributed by atoms with Gasteiger partial charge < -0.3 is 15.2 Å². The van der Waals surface area contributed by atoms with Crippen LogP contribution in [0.4, 0.5) is 10.1 Å². The largest absolute Gasteiger partial charge is 0.324 e. The quantitative estimate of drug-likeness (QED) is 0.307. The molecule has 0 spiro atoms. The first-order valence-electron chi connectivity index (χ1n) is 11.8. The van der Waals surface area contributed by atoms with Crippen LogP contribution in [0.25, 0.3) is 56.1 Å². The number of imidazole rings is 1. The summed E-state index contributed by atoms with van der Waals surface area (Å²) in [7, 11) is 3.66. The van der Waals surface area contributed by atoms with Crippen LogP contribution in [0.15, 0.2) is 67.1 Å². The molecule has 3 N–H and O–H groups in total. The Morgan fingerprint density at radius 1 is 1.03 bits per heavy atom. The molecule has 11 heteroatoms. The summed E-state index contributed by atoms with van der Waals surface area (Å²) in [5.41, 5.74) is 5.89. The van der Waals surface area contributed by atoms with Crippen molar-refractivity contribution in [3.8, 4) is 33.9 Å². The van der Waals surface area contributed by atoms with Crippen LogP contribution in [0.5, 0.6) is 0 Å². The molecule has 0 unspecified atom stereocenters. The van der Waals surface area contributed by atoms with Gasteiger partial charge >= 0.3 is 0 Å². The van der Waals surface area contributed by atoms with E-state index in [0.717, 1.165) is 11.1 Å². The molecule has 1 aromatic carbocycles. The highest BCUT2D eigenvalue weighted by Gasteiger charge is 2.18. The SMILES string of the molecule is CN(C)CC(=O)Nc1cncc(-c2ccc3[nH]nc(-c4nc5c(-c6ccccc6F)ccnc5[nH]4)c3n2)c1. The number of halogens is 1. The minimum Gasteiger partial charge on any atom is -0.324 e. The number of likely N-dealkylation sites (N-methyl/N-ethyl adjacent to an activating group) is 1. The van der Waals surface area contributed by atoms with Crippen molar-refractivity contribution in [3.63, 3.8) is 0 Å². The molecule has 188 valence electrons. The van der Waals surface area contributed by atoms with E-state index in [0.29, 0.717) is 50.7 Å². The van der Waals surface area contributed by atoms with E-state index in [2.05, 4.69) is 30.5 Å². The molecule has 0 atom stereocenters. The van der Waals surface area contributed by atoms with Crippen molar-refractivity contribution in [3.05, 3.63) is 72.9 Å². The molecule has 0 aliphatic heterocycles. The average molecular weight is 508 g/mol. The van der Waals surface area contributed by atoms with Crippen molar-refractivity contribution in [2.24, 2.45) is 0 Å². The van der Waals surface area contributed by atoms with E-state index < -0.39 is 0 Å². The summed E-state index contributed by atoms with van der Waals surface area (Å²) in [6.45, 7) is 0.262. The van der Waals surface area contributed by atoms with Crippen LogP contribution < -0.4 is 5.32 Å². The zero-order valence-electron chi connectivity index (χ0n) is 20.5. The number of amides is 1. The molecule has 6 aromatic rings. The van der Waals surface area contributed by atoms with Gasteiger partial charge in [-0.2, -0.15) is 5.10 Å². The number of hydrogen-bond donors (Lipinski definition) is 3. The van der Waals surface area contributed by atoms with Crippen LogP contribution in [0.2, 0.25) is 0 Å². The lowest BCUT2D eigenvalue weighted by Gasteiger charge is -2.10. The van der Waals surface area contributed by atoms with E-state index in [1.807, 2.05) is 32.3 Å². The number of nitrogens with one attached hydrogen (secondary N) is 3. The molecular weight excluding hydrogens is 485 g/mol. The Morgan fingerprint density at radius 3 is 2.74 bits per heavy atom. The van der Waals surface area contributed by atoms with Crippen molar-refractivity contribution in [2.75, 3.05) is 26.0 Å². The van der Waals surface area contributed by atoms with Gasteiger partial charge in [0.05, 0.1) is 29.6 Å². The fourth-order valence-corrected chi connectivity index (χ4v) is 4.28. The van der Waals surface area contributed by atoms with Gasteiger partial charge in [0.2, 0.25) is 5.91 Å². The second kappa shape index (κ2) is 9.45. The summed E-state index contributed by atoms with van der Waals surface area (Å²) >= 11 is 0. The summed E-state index contributed by atoms with van der Waals surface area (Å²) in [4.78, 5) is 35.3. The van der Waals surface area contributed by atoms with Gasteiger partial charge in [0.15, 0.2) is 17.2 Å². The molecule has 5 aromatic heterocycles. The third-order valence-electron chi connectivity index (χ3n) is 5.96. The normalized spacial score (nSPS) is 11.5.